The van der Waals surface area contributed by atoms with Gasteiger partial charge in [-0.05, 0) is 30.3 Å². The highest BCUT2D eigenvalue weighted by atomic mass is 35.5. The number of nitrogens with zero attached hydrogens (tertiary/aromatic N) is 2. The predicted octanol–water partition coefficient (Wildman–Crippen LogP) is 3.66. The Balaban J connectivity index is 1.94. The minimum atomic E-state index is 0.236. The average Bonchev–Trinajstić information content (AvgIpc) is 2.43. The van der Waals surface area contributed by atoms with Crippen LogP contribution in [0.4, 0.5) is 5.69 Å². The van der Waals surface area contributed by atoms with E-state index in [1.165, 1.54) is 0 Å². The zero-order valence-corrected chi connectivity index (χ0v) is 10.6. The van der Waals surface area contributed by atoms with Gasteiger partial charge in [0.25, 0.3) is 0 Å². The van der Waals surface area contributed by atoms with Crippen LogP contribution in [0.2, 0.25) is 5.15 Å². The fourth-order valence-corrected chi connectivity index (χ4v) is 1.87. The molecule has 0 fully saturated rings. The topological polar surface area (TPSA) is 61.0 Å². The summed E-state index contributed by atoms with van der Waals surface area (Å²) in [5.41, 5.74) is 6.94. The lowest BCUT2D eigenvalue weighted by molar-refractivity contribution is 0.464. The van der Waals surface area contributed by atoms with Crippen molar-refractivity contribution in [2.24, 2.45) is 0 Å². The minimum Gasteiger partial charge on any atom is -0.439 e. The molecular formula is C14H10ClN3O. The van der Waals surface area contributed by atoms with Crippen molar-refractivity contribution in [2.75, 3.05) is 5.73 Å². The average molecular weight is 272 g/mol. The summed E-state index contributed by atoms with van der Waals surface area (Å²) >= 11 is 5.85. The highest BCUT2D eigenvalue weighted by Crippen LogP contribution is 2.26. The molecule has 5 heteroatoms. The minimum absolute atomic E-state index is 0.236. The molecule has 19 heavy (non-hydrogen) atoms. The molecule has 2 heterocycles. The van der Waals surface area contributed by atoms with Gasteiger partial charge < -0.3 is 10.5 Å². The lowest BCUT2D eigenvalue weighted by Crippen LogP contribution is -1.92. The Hall–Kier alpha value is -2.33. The first-order valence-corrected chi connectivity index (χ1v) is 6.05. The molecule has 0 aliphatic carbocycles. The maximum Gasteiger partial charge on any atom is 0.220 e. The standard InChI is InChI=1S/C14H10ClN3O/c15-14-11(16)4-6-13(18-14)19-10-3-5-12-9(8-10)2-1-7-17-12/h1-8H,16H2. The van der Waals surface area contributed by atoms with Gasteiger partial charge in [-0.1, -0.05) is 17.7 Å². The first-order chi connectivity index (χ1) is 9.22. The van der Waals surface area contributed by atoms with Crippen molar-refractivity contribution in [2.45, 2.75) is 0 Å². The van der Waals surface area contributed by atoms with Gasteiger partial charge >= 0.3 is 0 Å². The van der Waals surface area contributed by atoms with Crippen LogP contribution in [0.3, 0.4) is 0 Å². The number of rotatable bonds is 2. The summed E-state index contributed by atoms with van der Waals surface area (Å²) in [5.74, 6) is 1.08. The molecule has 1 aromatic carbocycles. The first kappa shape index (κ1) is 11.7. The molecule has 2 aromatic heterocycles. The third kappa shape index (κ3) is 2.44. The molecule has 0 saturated heterocycles. The third-order valence-corrected chi connectivity index (χ3v) is 2.95. The van der Waals surface area contributed by atoms with Crippen LogP contribution in [-0.4, -0.2) is 9.97 Å². The highest BCUT2D eigenvalue weighted by molar-refractivity contribution is 6.31. The van der Waals surface area contributed by atoms with Gasteiger partial charge in [-0.25, -0.2) is 0 Å². The molecule has 2 N–H and O–H groups in total. The van der Waals surface area contributed by atoms with Crippen molar-refractivity contribution in [3.05, 3.63) is 53.8 Å². The summed E-state index contributed by atoms with van der Waals surface area (Å²) in [6.45, 7) is 0. The summed E-state index contributed by atoms with van der Waals surface area (Å²) in [4.78, 5) is 8.30. The van der Waals surface area contributed by atoms with Crippen molar-refractivity contribution < 1.29 is 4.74 Å². The van der Waals surface area contributed by atoms with Crippen LogP contribution < -0.4 is 10.5 Å². The van der Waals surface area contributed by atoms with Gasteiger partial charge in [0, 0.05) is 17.6 Å². The van der Waals surface area contributed by atoms with E-state index < -0.39 is 0 Å². The zero-order chi connectivity index (χ0) is 13.2. The van der Waals surface area contributed by atoms with Gasteiger partial charge in [-0.3, -0.25) is 4.98 Å². The molecule has 3 aromatic rings. The summed E-state index contributed by atoms with van der Waals surface area (Å²) in [6.07, 6.45) is 1.75. The summed E-state index contributed by atoms with van der Waals surface area (Å²) < 4.78 is 5.64. The number of nitrogen functional groups attached to an aromatic ring is 1. The van der Waals surface area contributed by atoms with Gasteiger partial charge in [-0.2, -0.15) is 4.98 Å². The summed E-state index contributed by atoms with van der Waals surface area (Å²) in [7, 11) is 0. The van der Waals surface area contributed by atoms with E-state index in [9.17, 15) is 0 Å². The number of benzene rings is 1. The quantitative estimate of drug-likeness (QED) is 0.723. The molecule has 0 aliphatic rings. The van der Waals surface area contributed by atoms with E-state index in [0.29, 0.717) is 17.3 Å². The number of aromatic nitrogens is 2. The Morgan fingerprint density at radius 2 is 2.00 bits per heavy atom. The van der Waals surface area contributed by atoms with E-state index in [0.717, 1.165) is 10.9 Å². The largest absolute Gasteiger partial charge is 0.439 e. The first-order valence-electron chi connectivity index (χ1n) is 5.67. The van der Waals surface area contributed by atoms with Gasteiger partial charge in [-0.15, -0.1) is 0 Å². The summed E-state index contributed by atoms with van der Waals surface area (Å²) in [6, 6.07) is 12.8. The second-order valence-corrected chi connectivity index (χ2v) is 4.35. The Morgan fingerprint density at radius 1 is 1.11 bits per heavy atom. The molecule has 0 unspecified atom stereocenters. The van der Waals surface area contributed by atoms with E-state index in [4.69, 9.17) is 22.1 Å². The van der Waals surface area contributed by atoms with Crippen molar-refractivity contribution in [1.82, 2.24) is 9.97 Å². The Kier molecular flexibility index (Phi) is 2.93. The number of pyridine rings is 2. The summed E-state index contributed by atoms with van der Waals surface area (Å²) in [5, 5.41) is 1.24. The molecule has 94 valence electrons. The van der Waals surface area contributed by atoms with Crippen molar-refractivity contribution >= 4 is 28.2 Å². The zero-order valence-electron chi connectivity index (χ0n) is 9.88. The van der Waals surface area contributed by atoms with Crippen molar-refractivity contribution in [1.29, 1.82) is 0 Å². The van der Waals surface area contributed by atoms with E-state index in [1.807, 2.05) is 30.3 Å². The Labute approximate surface area is 114 Å². The predicted molar refractivity (Wildman–Crippen MR) is 75.5 cm³/mol. The van der Waals surface area contributed by atoms with Gasteiger partial charge in [0.1, 0.15) is 5.75 Å². The maximum absolute atomic E-state index is 5.85. The maximum atomic E-state index is 5.85. The molecule has 4 nitrogen and oxygen atoms in total. The van der Waals surface area contributed by atoms with Crippen LogP contribution in [-0.2, 0) is 0 Å². The van der Waals surface area contributed by atoms with E-state index in [1.54, 1.807) is 18.3 Å². The molecule has 0 saturated carbocycles. The molecule has 0 atom stereocenters. The number of hydrogen-bond donors (Lipinski definition) is 1. The SMILES string of the molecule is Nc1ccc(Oc2ccc3ncccc3c2)nc1Cl. The number of ether oxygens (including phenoxy) is 1. The Morgan fingerprint density at radius 3 is 2.84 bits per heavy atom. The molecular weight excluding hydrogens is 262 g/mol. The van der Waals surface area contributed by atoms with Crippen LogP contribution in [0.15, 0.2) is 48.7 Å². The second kappa shape index (κ2) is 4.74. The number of halogens is 1. The smallest absolute Gasteiger partial charge is 0.220 e. The monoisotopic (exact) mass is 271 g/mol. The normalized spacial score (nSPS) is 10.6. The fourth-order valence-electron chi connectivity index (χ4n) is 1.72. The van der Waals surface area contributed by atoms with Crippen LogP contribution in [0.5, 0.6) is 11.6 Å². The van der Waals surface area contributed by atoms with Crippen LogP contribution in [0.25, 0.3) is 10.9 Å². The number of hydrogen-bond acceptors (Lipinski definition) is 4. The third-order valence-electron chi connectivity index (χ3n) is 2.65. The number of anilines is 1. The molecule has 0 amide bonds. The van der Waals surface area contributed by atoms with E-state index >= 15 is 0 Å². The van der Waals surface area contributed by atoms with Crippen LogP contribution >= 0.6 is 11.6 Å². The van der Waals surface area contributed by atoms with E-state index in [2.05, 4.69) is 9.97 Å². The molecule has 3 rings (SSSR count). The molecule has 0 radical (unpaired) electrons. The molecule has 0 spiro atoms. The fraction of sp³-hybridized carbons (Fsp3) is 0. The van der Waals surface area contributed by atoms with Gasteiger partial charge in [0.05, 0.1) is 11.2 Å². The van der Waals surface area contributed by atoms with Gasteiger partial charge in [0.2, 0.25) is 5.88 Å². The van der Waals surface area contributed by atoms with Crippen LogP contribution in [0.1, 0.15) is 0 Å². The second-order valence-electron chi connectivity index (χ2n) is 3.99. The van der Waals surface area contributed by atoms with E-state index in [-0.39, 0.29) is 5.15 Å². The number of nitrogens with two attached hydrogens (primary N) is 1. The molecule has 0 bridgehead atoms. The Bertz CT molecular complexity index is 746. The molecule has 0 aliphatic heterocycles. The van der Waals surface area contributed by atoms with Crippen LogP contribution in [0, 0.1) is 0 Å². The number of fused-ring (bicyclic) bond motifs is 1. The highest BCUT2D eigenvalue weighted by Gasteiger charge is 2.03. The lowest BCUT2D eigenvalue weighted by Gasteiger charge is -2.06. The van der Waals surface area contributed by atoms with Gasteiger partial charge in [0.15, 0.2) is 5.15 Å². The van der Waals surface area contributed by atoms with Crippen molar-refractivity contribution in [3.8, 4) is 11.6 Å². The lowest BCUT2D eigenvalue weighted by atomic mass is 10.2. The van der Waals surface area contributed by atoms with Crippen molar-refractivity contribution in [3.63, 3.8) is 0 Å².